The van der Waals surface area contributed by atoms with Crippen LogP contribution < -0.4 is 15.6 Å². The molecule has 1 atom stereocenters. The fourth-order valence-corrected chi connectivity index (χ4v) is 3.24. The first kappa shape index (κ1) is 21.2. The molecule has 0 saturated heterocycles. The van der Waals surface area contributed by atoms with Gasteiger partial charge in [-0.05, 0) is 50.5 Å². The van der Waals surface area contributed by atoms with Crippen LogP contribution in [0, 0.1) is 13.8 Å². The summed E-state index contributed by atoms with van der Waals surface area (Å²) in [6.07, 6.45) is 5.69. The molecular weight excluding hydrogens is 380 g/mol. The summed E-state index contributed by atoms with van der Waals surface area (Å²) >= 11 is 0. The minimum Gasteiger partial charge on any atom is -0.409 e. The molecule has 0 bridgehead atoms. The number of amides is 1. The molecule has 7 nitrogen and oxygen atoms in total. The number of hydrogen-bond acceptors (Lipinski definition) is 5. The van der Waals surface area contributed by atoms with E-state index in [1.54, 1.807) is 18.5 Å². The molecule has 0 aliphatic carbocycles. The number of aryl methyl sites for hydroxylation is 3. The maximum atomic E-state index is 12.5. The molecule has 3 aromatic heterocycles. The van der Waals surface area contributed by atoms with Gasteiger partial charge in [-0.2, -0.15) is 0 Å². The van der Waals surface area contributed by atoms with Crippen LogP contribution in [0.1, 0.15) is 48.8 Å². The van der Waals surface area contributed by atoms with E-state index in [1.165, 1.54) is 6.20 Å². The Balaban J connectivity index is 1.77. The van der Waals surface area contributed by atoms with Gasteiger partial charge in [-0.25, -0.2) is 4.79 Å². The zero-order valence-electron chi connectivity index (χ0n) is 17.7. The highest BCUT2D eigenvalue weighted by Crippen LogP contribution is 2.25. The molecule has 0 aliphatic rings. The molecule has 0 aromatic carbocycles. The summed E-state index contributed by atoms with van der Waals surface area (Å²) < 4.78 is 5.47. The average molecular weight is 406 g/mol. The van der Waals surface area contributed by atoms with E-state index in [4.69, 9.17) is 4.74 Å². The molecule has 0 fully saturated rings. The van der Waals surface area contributed by atoms with Gasteiger partial charge in [0, 0.05) is 40.5 Å². The van der Waals surface area contributed by atoms with Crippen LogP contribution in [0.25, 0.3) is 11.1 Å². The van der Waals surface area contributed by atoms with Crippen LogP contribution in [0.3, 0.4) is 0 Å². The molecule has 0 radical (unpaired) electrons. The van der Waals surface area contributed by atoms with Crippen molar-refractivity contribution in [2.75, 3.05) is 0 Å². The highest BCUT2D eigenvalue weighted by molar-refractivity contribution is 5.72. The molecule has 0 spiro atoms. The third-order valence-electron chi connectivity index (χ3n) is 4.97. The second kappa shape index (κ2) is 9.35. The predicted octanol–water partition coefficient (Wildman–Crippen LogP) is 4.25. The van der Waals surface area contributed by atoms with E-state index in [2.05, 4.69) is 20.3 Å². The molecule has 1 unspecified atom stereocenters. The van der Waals surface area contributed by atoms with Crippen molar-refractivity contribution >= 4 is 6.09 Å². The van der Waals surface area contributed by atoms with Crippen LogP contribution in [-0.2, 0) is 6.42 Å². The number of nitrogens with zero attached hydrogens (tertiary/aromatic N) is 2. The van der Waals surface area contributed by atoms with Crippen LogP contribution in [0.4, 0.5) is 4.79 Å². The lowest BCUT2D eigenvalue weighted by atomic mass is 10.0. The van der Waals surface area contributed by atoms with Crippen LogP contribution >= 0.6 is 0 Å². The van der Waals surface area contributed by atoms with E-state index < -0.39 is 6.09 Å². The summed E-state index contributed by atoms with van der Waals surface area (Å²) in [5, 5.41) is 2.87. The predicted molar refractivity (Wildman–Crippen MR) is 116 cm³/mol. The number of aromatic amines is 1. The fourth-order valence-electron chi connectivity index (χ4n) is 3.24. The topological polar surface area (TPSA) is 97.0 Å². The minimum atomic E-state index is -0.561. The molecule has 3 heterocycles. The number of carbonyl (C=O) groups excluding carboxylic acids is 1. The summed E-state index contributed by atoms with van der Waals surface area (Å²) in [7, 11) is 0. The molecule has 156 valence electrons. The lowest BCUT2D eigenvalue weighted by Crippen LogP contribution is -2.31. The standard InChI is InChI=1S/C23H26N4O3/c1-5-16-10-20(15(4)26-22(16)28)18-9-19(13-24-11-18)30-23(29)27-21(6-2)17-8-7-14(3)25-12-17/h7-13,21H,5-6H2,1-4H3,(H,26,28)(H,27,29). The van der Waals surface area contributed by atoms with Crippen molar-refractivity contribution in [1.29, 1.82) is 0 Å². The van der Waals surface area contributed by atoms with Crippen molar-refractivity contribution in [2.24, 2.45) is 0 Å². The Morgan fingerprint density at radius 3 is 2.63 bits per heavy atom. The molecule has 7 heteroatoms. The van der Waals surface area contributed by atoms with Crippen LogP contribution in [0.5, 0.6) is 5.75 Å². The molecule has 2 N–H and O–H groups in total. The highest BCUT2D eigenvalue weighted by atomic mass is 16.6. The quantitative estimate of drug-likeness (QED) is 0.638. The number of aromatic nitrogens is 3. The van der Waals surface area contributed by atoms with E-state index in [9.17, 15) is 9.59 Å². The van der Waals surface area contributed by atoms with E-state index in [-0.39, 0.29) is 11.6 Å². The third kappa shape index (κ3) is 4.92. The van der Waals surface area contributed by atoms with Crippen molar-refractivity contribution in [3.63, 3.8) is 0 Å². The maximum Gasteiger partial charge on any atom is 0.413 e. The first-order chi connectivity index (χ1) is 14.4. The van der Waals surface area contributed by atoms with E-state index in [0.717, 1.165) is 28.1 Å². The van der Waals surface area contributed by atoms with Gasteiger partial charge in [0.05, 0.1) is 12.2 Å². The number of hydrogen-bond donors (Lipinski definition) is 2. The summed E-state index contributed by atoms with van der Waals surface area (Å²) in [5.74, 6) is 0.325. The molecular formula is C23H26N4O3. The molecule has 3 aromatic rings. The second-order valence-electron chi connectivity index (χ2n) is 7.15. The van der Waals surface area contributed by atoms with Crippen molar-refractivity contribution < 1.29 is 9.53 Å². The van der Waals surface area contributed by atoms with E-state index in [1.807, 2.05) is 45.9 Å². The minimum absolute atomic E-state index is 0.0882. The number of pyridine rings is 3. The van der Waals surface area contributed by atoms with Crippen molar-refractivity contribution in [3.8, 4) is 16.9 Å². The van der Waals surface area contributed by atoms with Crippen molar-refractivity contribution in [2.45, 2.75) is 46.6 Å². The number of H-pyrrole nitrogens is 1. The summed E-state index contributed by atoms with van der Waals surface area (Å²) in [5.41, 5.74) is 4.79. The normalized spacial score (nSPS) is 11.7. The van der Waals surface area contributed by atoms with Gasteiger partial charge in [0.2, 0.25) is 0 Å². The van der Waals surface area contributed by atoms with Crippen LogP contribution in [0.15, 0.2) is 47.7 Å². The van der Waals surface area contributed by atoms with Gasteiger partial charge in [0.25, 0.3) is 5.56 Å². The Morgan fingerprint density at radius 1 is 1.17 bits per heavy atom. The molecule has 30 heavy (non-hydrogen) atoms. The van der Waals surface area contributed by atoms with Gasteiger partial charge < -0.3 is 15.0 Å². The van der Waals surface area contributed by atoms with Gasteiger partial charge in [-0.1, -0.05) is 19.9 Å². The zero-order chi connectivity index (χ0) is 21.7. The van der Waals surface area contributed by atoms with Crippen molar-refractivity contribution in [3.05, 3.63) is 75.7 Å². The molecule has 1 amide bonds. The average Bonchev–Trinajstić information content (AvgIpc) is 2.73. The lowest BCUT2D eigenvalue weighted by molar-refractivity contribution is 0.195. The largest absolute Gasteiger partial charge is 0.413 e. The number of ether oxygens (including phenoxy) is 1. The Morgan fingerprint density at radius 2 is 1.97 bits per heavy atom. The van der Waals surface area contributed by atoms with Gasteiger partial charge >= 0.3 is 6.09 Å². The van der Waals surface area contributed by atoms with Gasteiger partial charge in [-0.3, -0.25) is 14.8 Å². The number of nitrogens with one attached hydrogen (secondary N) is 2. The Labute approximate surface area is 175 Å². The Hall–Kier alpha value is -3.48. The van der Waals surface area contributed by atoms with Gasteiger partial charge in [0.1, 0.15) is 0 Å². The summed E-state index contributed by atoms with van der Waals surface area (Å²) in [4.78, 5) is 35.8. The number of rotatable bonds is 6. The van der Waals surface area contributed by atoms with Gasteiger partial charge in [-0.15, -0.1) is 0 Å². The van der Waals surface area contributed by atoms with E-state index >= 15 is 0 Å². The second-order valence-corrected chi connectivity index (χ2v) is 7.15. The Bertz CT molecular complexity index is 1090. The molecule has 0 aliphatic heterocycles. The molecule has 0 saturated carbocycles. The lowest BCUT2D eigenvalue weighted by Gasteiger charge is -2.17. The zero-order valence-corrected chi connectivity index (χ0v) is 17.7. The SMILES string of the molecule is CCc1cc(-c2cncc(OC(=O)NC(CC)c3ccc(C)nc3)c2)c(C)[nH]c1=O. The first-order valence-corrected chi connectivity index (χ1v) is 10.00. The van der Waals surface area contributed by atoms with E-state index in [0.29, 0.717) is 24.2 Å². The third-order valence-corrected chi connectivity index (χ3v) is 4.97. The monoisotopic (exact) mass is 406 g/mol. The highest BCUT2D eigenvalue weighted by Gasteiger charge is 2.15. The first-order valence-electron chi connectivity index (χ1n) is 10.00. The smallest absolute Gasteiger partial charge is 0.409 e. The summed E-state index contributed by atoms with van der Waals surface area (Å²) in [6, 6.07) is 7.25. The molecule has 3 rings (SSSR count). The Kier molecular flexibility index (Phi) is 6.61. The van der Waals surface area contributed by atoms with Crippen LogP contribution in [0.2, 0.25) is 0 Å². The summed E-state index contributed by atoms with van der Waals surface area (Å²) in [6.45, 7) is 7.66. The number of carbonyl (C=O) groups is 1. The fraction of sp³-hybridized carbons (Fsp3) is 0.304. The van der Waals surface area contributed by atoms with Crippen LogP contribution in [-0.4, -0.2) is 21.0 Å². The maximum absolute atomic E-state index is 12.5. The van der Waals surface area contributed by atoms with Crippen molar-refractivity contribution in [1.82, 2.24) is 20.3 Å². The van der Waals surface area contributed by atoms with Gasteiger partial charge in [0.15, 0.2) is 5.75 Å².